The van der Waals surface area contributed by atoms with Gasteiger partial charge in [-0.2, -0.15) is 0 Å². The van der Waals surface area contributed by atoms with Gasteiger partial charge in [0.2, 0.25) is 0 Å². The van der Waals surface area contributed by atoms with E-state index in [1.54, 1.807) is 6.07 Å². The van der Waals surface area contributed by atoms with E-state index in [4.69, 9.17) is 0 Å². The molecule has 2 heterocycles. The number of benzene rings is 1. The van der Waals surface area contributed by atoms with Crippen molar-refractivity contribution in [3.63, 3.8) is 0 Å². The van der Waals surface area contributed by atoms with Crippen molar-refractivity contribution in [2.45, 2.75) is 44.2 Å². The lowest BCUT2D eigenvalue weighted by molar-refractivity contribution is -0.146. The fourth-order valence-corrected chi connectivity index (χ4v) is 3.80. The zero-order valence-electron chi connectivity index (χ0n) is 12.7. The van der Waals surface area contributed by atoms with Gasteiger partial charge < -0.3 is 10.0 Å². The van der Waals surface area contributed by atoms with E-state index in [-0.39, 0.29) is 11.9 Å². The van der Waals surface area contributed by atoms with Crippen molar-refractivity contribution in [2.75, 3.05) is 24.5 Å². The molecule has 2 aliphatic rings. The molecule has 2 fully saturated rings. The second-order valence-corrected chi connectivity index (χ2v) is 6.26. The second-order valence-electron chi connectivity index (χ2n) is 6.26. The zero-order chi connectivity index (χ0) is 15.5. The Kier molecular flexibility index (Phi) is 4.62. The summed E-state index contributed by atoms with van der Waals surface area (Å²) in [5, 5.41) is 9.40. The topological polar surface area (TPSA) is 43.8 Å². The molecule has 1 aromatic rings. The molecule has 1 atom stereocenters. The summed E-state index contributed by atoms with van der Waals surface area (Å²) in [6.45, 7) is 2.45. The standard InChI is InChI=1S/C17H23FN2O2/c18-14-5-1-2-6-15(14)19-11-8-13(9-12-19)20-10-4-3-7-16(20)17(21)22/h1-2,5-6,13,16H,3-4,7-12H2,(H,21,22)/t16-/m1/s1. The minimum absolute atomic E-state index is 0.178. The highest BCUT2D eigenvalue weighted by atomic mass is 19.1. The quantitative estimate of drug-likeness (QED) is 0.932. The summed E-state index contributed by atoms with van der Waals surface area (Å²) in [5.41, 5.74) is 0.661. The molecule has 120 valence electrons. The molecule has 5 heteroatoms. The van der Waals surface area contributed by atoms with Crippen LogP contribution in [0, 0.1) is 5.82 Å². The first-order valence-electron chi connectivity index (χ1n) is 8.15. The van der Waals surface area contributed by atoms with Crippen LogP contribution in [0.4, 0.5) is 10.1 Å². The molecule has 1 aromatic carbocycles. The van der Waals surface area contributed by atoms with E-state index in [2.05, 4.69) is 9.80 Å². The highest BCUT2D eigenvalue weighted by Gasteiger charge is 2.35. The fraction of sp³-hybridized carbons (Fsp3) is 0.588. The Morgan fingerprint density at radius 1 is 1.09 bits per heavy atom. The molecule has 0 aromatic heterocycles. The number of carbonyl (C=O) groups is 1. The Hall–Kier alpha value is -1.62. The summed E-state index contributed by atoms with van der Waals surface area (Å²) >= 11 is 0. The molecule has 0 saturated carbocycles. The number of aliphatic carboxylic acids is 1. The van der Waals surface area contributed by atoms with Gasteiger partial charge in [-0.15, -0.1) is 0 Å². The molecule has 4 nitrogen and oxygen atoms in total. The molecule has 2 aliphatic heterocycles. The number of para-hydroxylation sites is 1. The minimum Gasteiger partial charge on any atom is -0.480 e. The predicted molar refractivity (Wildman–Crippen MR) is 83.6 cm³/mol. The summed E-state index contributed by atoms with van der Waals surface area (Å²) in [4.78, 5) is 15.7. The van der Waals surface area contributed by atoms with E-state index in [9.17, 15) is 14.3 Å². The Bertz CT molecular complexity index is 529. The van der Waals surface area contributed by atoms with Crippen LogP contribution in [0.3, 0.4) is 0 Å². The average molecular weight is 306 g/mol. The number of halogens is 1. The number of carboxylic acids is 1. The van der Waals surface area contributed by atoms with Crippen molar-refractivity contribution in [1.82, 2.24) is 4.90 Å². The summed E-state index contributed by atoms with van der Waals surface area (Å²) < 4.78 is 13.9. The molecule has 0 amide bonds. The molecule has 0 spiro atoms. The molecule has 3 rings (SSSR count). The van der Waals surface area contributed by atoms with Crippen LogP contribution in [-0.2, 0) is 4.79 Å². The van der Waals surface area contributed by atoms with E-state index in [1.807, 2.05) is 12.1 Å². The van der Waals surface area contributed by atoms with Crippen LogP contribution in [-0.4, -0.2) is 47.7 Å². The second kappa shape index (κ2) is 6.65. The number of anilines is 1. The summed E-state index contributed by atoms with van der Waals surface area (Å²) in [6, 6.07) is 6.85. The molecule has 0 radical (unpaired) electrons. The van der Waals surface area contributed by atoms with Crippen LogP contribution in [0.2, 0.25) is 0 Å². The van der Waals surface area contributed by atoms with E-state index < -0.39 is 5.97 Å². The van der Waals surface area contributed by atoms with Crippen LogP contribution in [0.1, 0.15) is 32.1 Å². The number of hydrogen-bond donors (Lipinski definition) is 1. The number of piperidine rings is 2. The van der Waals surface area contributed by atoms with E-state index >= 15 is 0 Å². The lowest BCUT2D eigenvalue weighted by Crippen LogP contribution is -2.53. The number of carboxylic acid groups (broad SMARTS) is 1. The van der Waals surface area contributed by atoms with Crippen molar-refractivity contribution >= 4 is 11.7 Å². The van der Waals surface area contributed by atoms with Gasteiger partial charge in [0.05, 0.1) is 5.69 Å². The SMILES string of the molecule is O=C(O)[C@H]1CCCCN1C1CCN(c2ccccc2F)CC1. The minimum atomic E-state index is -0.698. The first kappa shape index (κ1) is 15.3. The molecular formula is C17H23FN2O2. The molecule has 1 N–H and O–H groups in total. The van der Waals surface area contributed by atoms with Gasteiger partial charge in [-0.25, -0.2) is 4.39 Å². The molecule has 0 unspecified atom stereocenters. The van der Waals surface area contributed by atoms with Gasteiger partial charge in [-0.05, 0) is 44.4 Å². The lowest BCUT2D eigenvalue weighted by atomic mass is 9.95. The third kappa shape index (κ3) is 3.09. The van der Waals surface area contributed by atoms with E-state index in [0.29, 0.717) is 11.7 Å². The Morgan fingerprint density at radius 2 is 1.82 bits per heavy atom. The number of likely N-dealkylation sites (tertiary alicyclic amines) is 1. The largest absolute Gasteiger partial charge is 0.480 e. The van der Waals surface area contributed by atoms with Gasteiger partial charge in [0, 0.05) is 19.1 Å². The monoisotopic (exact) mass is 306 g/mol. The van der Waals surface area contributed by atoms with Crippen molar-refractivity contribution in [3.8, 4) is 0 Å². The molecular weight excluding hydrogens is 283 g/mol. The predicted octanol–water partition coefficient (Wildman–Crippen LogP) is 2.73. The molecule has 2 saturated heterocycles. The van der Waals surface area contributed by atoms with Crippen molar-refractivity contribution in [1.29, 1.82) is 0 Å². The van der Waals surface area contributed by atoms with Crippen molar-refractivity contribution in [3.05, 3.63) is 30.1 Å². The number of nitrogens with zero attached hydrogens (tertiary/aromatic N) is 2. The number of rotatable bonds is 3. The van der Waals surface area contributed by atoms with Gasteiger partial charge in [-0.1, -0.05) is 18.6 Å². The first-order valence-corrected chi connectivity index (χ1v) is 8.15. The fourth-order valence-electron chi connectivity index (χ4n) is 3.80. The van der Waals surface area contributed by atoms with E-state index in [0.717, 1.165) is 51.7 Å². The molecule has 0 bridgehead atoms. The Labute approximate surface area is 130 Å². The maximum Gasteiger partial charge on any atom is 0.320 e. The van der Waals surface area contributed by atoms with E-state index in [1.165, 1.54) is 6.07 Å². The van der Waals surface area contributed by atoms with Crippen LogP contribution >= 0.6 is 0 Å². The van der Waals surface area contributed by atoms with Crippen molar-refractivity contribution in [2.24, 2.45) is 0 Å². The third-order valence-electron chi connectivity index (χ3n) is 4.96. The maximum atomic E-state index is 13.9. The van der Waals surface area contributed by atoms with Gasteiger partial charge in [-0.3, -0.25) is 9.69 Å². The zero-order valence-corrected chi connectivity index (χ0v) is 12.7. The lowest BCUT2D eigenvalue weighted by Gasteiger charge is -2.43. The normalized spacial score (nSPS) is 24.4. The third-order valence-corrected chi connectivity index (χ3v) is 4.96. The maximum absolute atomic E-state index is 13.9. The highest BCUT2D eigenvalue weighted by molar-refractivity contribution is 5.73. The smallest absolute Gasteiger partial charge is 0.320 e. The van der Waals surface area contributed by atoms with Crippen LogP contribution in [0.25, 0.3) is 0 Å². The van der Waals surface area contributed by atoms with Gasteiger partial charge in [0.1, 0.15) is 11.9 Å². The average Bonchev–Trinajstić information content (AvgIpc) is 2.55. The first-order chi connectivity index (χ1) is 10.7. The highest BCUT2D eigenvalue weighted by Crippen LogP contribution is 2.28. The number of hydrogen-bond acceptors (Lipinski definition) is 3. The van der Waals surface area contributed by atoms with Crippen LogP contribution in [0.15, 0.2) is 24.3 Å². The Morgan fingerprint density at radius 3 is 2.50 bits per heavy atom. The van der Waals surface area contributed by atoms with Gasteiger partial charge in [0.15, 0.2) is 0 Å². The molecule has 0 aliphatic carbocycles. The summed E-state index contributed by atoms with van der Waals surface area (Å²) in [7, 11) is 0. The van der Waals surface area contributed by atoms with Crippen molar-refractivity contribution < 1.29 is 14.3 Å². The van der Waals surface area contributed by atoms with Crippen LogP contribution < -0.4 is 4.90 Å². The Balaban J connectivity index is 1.64. The van der Waals surface area contributed by atoms with Crippen LogP contribution in [0.5, 0.6) is 0 Å². The van der Waals surface area contributed by atoms with Gasteiger partial charge in [0.25, 0.3) is 0 Å². The van der Waals surface area contributed by atoms with Gasteiger partial charge >= 0.3 is 5.97 Å². The summed E-state index contributed by atoms with van der Waals surface area (Å²) in [5.74, 6) is -0.876. The molecule has 22 heavy (non-hydrogen) atoms. The summed E-state index contributed by atoms with van der Waals surface area (Å²) in [6.07, 6.45) is 4.64.